The normalized spacial score (nSPS) is 20.6. The number of ether oxygens (including phenoxy) is 3. The van der Waals surface area contributed by atoms with Crippen molar-refractivity contribution in [2.24, 2.45) is 10.9 Å². The second-order valence-corrected chi connectivity index (χ2v) is 8.16. The number of aliphatic imine (C=N–C) groups is 1. The summed E-state index contributed by atoms with van der Waals surface area (Å²) in [5.41, 5.74) is 0. The monoisotopic (exact) mass is 398 g/mol. The summed E-state index contributed by atoms with van der Waals surface area (Å²) < 4.78 is 16.9. The minimum atomic E-state index is 0.320. The first-order valence-electron chi connectivity index (χ1n) is 11.1. The topological polar surface area (TPSA) is 67.4 Å². The van der Waals surface area contributed by atoms with Gasteiger partial charge in [-0.3, -0.25) is 4.99 Å². The van der Waals surface area contributed by atoms with E-state index < -0.39 is 0 Å². The third kappa shape index (κ3) is 10.0. The van der Waals surface area contributed by atoms with Crippen LogP contribution < -0.4 is 10.6 Å². The molecule has 2 heterocycles. The van der Waals surface area contributed by atoms with E-state index in [1.807, 2.05) is 7.05 Å². The lowest BCUT2D eigenvalue weighted by atomic mass is 10.0. The fraction of sp³-hybridized carbons (Fsp3) is 0.952. The fourth-order valence-electron chi connectivity index (χ4n) is 3.65. The second-order valence-electron chi connectivity index (χ2n) is 8.16. The third-order valence-electron chi connectivity index (χ3n) is 5.46. The van der Waals surface area contributed by atoms with Gasteiger partial charge in [-0.15, -0.1) is 0 Å². The Bertz CT molecular complexity index is 420. The van der Waals surface area contributed by atoms with Gasteiger partial charge in [-0.25, -0.2) is 0 Å². The average Bonchev–Trinajstić information content (AvgIpc) is 2.71. The van der Waals surface area contributed by atoms with Crippen molar-refractivity contribution in [3.05, 3.63) is 0 Å². The van der Waals surface area contributed by atoms with Crippen molar-refractivity contribution in [3.8, 4) is 0 Å². The quantitative estimate of drug-likeness (QED) is 0.315. The van der Waals surface area contributed by atoms with Gasteiger partial charge in [0.2, 0.25) is 0 Å². The Morgan fingerprint density at radius 2 is 1.89 bits per heavy atom. The first-order valence-corrected chi connectivity index (χ1v) is 11.1. The molecule has 0 bridgehead atoms. The largest absolute Gasteiger partial charge is 0.381 e. The van der Waals surface area contributed by atoms with Crippen LogP contribution in [0, 0.1) is 5.92 Å². The van der Waals surface area contributed by atoms with Gasteiger partial charge in [0.15, 0.2) is 5.96 Å². The van der Waals surface area contributed by atoms with E-state index in [1.54, 1.807) is 0 Å². The highest BCUT2D eigenvalue weighted by Crippen LogP contribution is 2.14. The van der Waals surface area contributed by atoms with Crippen molar-refractivity contribution >= 4 is 5.96 Å². The van der Waals surface area contributed by atoms with Gasteiger partial charge in [0.05, 0.1) is 12.7 Å². The number of hydrogen-bond donors (Lipinski definition) is 2. The smallest absolute Gasteiger partial charge is 0.191 e. The summed E-state index contributed by atoms with van der Waals surface area (Å²) in [5, 5.41) is 6.99. The van der Waals surface area contributed by atoms with Gasteiger partial charge in [0.1, 0.15) is 0 Å². The predicted octanol–water partition coefficient (Wildman–Crippen LogP) is 1.87. The maximum absolute atomic E-state index is 5.83. The van der Waals surface area contributed by atoms with Gasteiger partial charge in [0.25, 0.3) is 0 Å². The molecular weight excluding hydrogens is 356 g/mol. The molecule has 0 aromatic carbocycles. The van der Waals surface area contributed by atoms with Gasteiger partial charge in [-0.2, -0.15) is 0 Å². The lowest BCUT2D eigenvalue weighted by Gasteiger charge is -2.33. The van der Waals surface area contributed by atoms with Crippen molar-refractivity contribution in [3.63, 3.8) is 0 Å². The molecule has 2 fully saturated rings. The van der Waals surface area contributed by atoms with E-state index in [9.17, 15) is 0 Å². The third-order valence-corrected chi connectivity index (χ3v) is 5.46. The van der Waals surface area contributed by atoms with E-state index in [2.05, 4.69) is 34.4 Å². The molecule has 0 amide bonds. The van der Waals surface area contributed by atoms with Crippen LogP contribution in [0.1, 0.15) is 46.0 Å². The number of nitrogens with one attached hydrogen (secondary N) is 2. The zero-order valence-electron chi connectivity index (χ0n) is 18.3. The molecule has 0 aliphatic carbocycles. The van der Waals surface area contributed by atoms with E-state index in [4.69, 9.17) is 14.2 Å². The Balaban J connectivity index is 1.48. The highest BCUT2D eigenvalue weighted by molar-refractivity contribution is 5.79. The molecule has 0 unspecified atom stereocenters. The van der Waals surface area contributed by atoms with Gasteiger partial charge in [-0.05, 0) is 51.9 Å². The van der Waals surface area contributed by atoms with Gasteiger partial charge in [-0.1, -0.05) is 0 Å². The van der Waals surface area contributed by atoms with Crippen molar-refractivity contribution in [2.75, 3.05) is 66.3 Å². The lowest BCUT2D eigenvalue weighted by molar-refractivity contribution is 0.0203. The molecule has 0 aromatic rings. The van der Waals surface area contributed by atoms with Crippen LogP contribution in [0.25, 0.3) is 0 Å². The molecule has 7 heteroatoms. The number of guanidine groups is 1. The van der Waals surface area contributed by atoms with Crippen molar-refractivity contribution < 1.29 is 14.2 Å². The van der Waals surface area contributed by atoms with Crippen LogP contribution in [-0.2, 0) is 14.2 Å². The number of likely N-dealkylation sites (tertiary alicyclic amines) is 1. The van der Waals surface area contributed by atoms with Crippen molar-refractivity contribution in [2.45, 2.75) is 58.1 Å². The Kier molecular flexibility index (Phi) is 11.8. The molecule has 2 saturated heterocycles. The molecule has 7 nitrogen and oxygen atoms in total. The molecule has 0 atom stereocenters. The van der Waals surface area contributed by atoms with Crippen molar-refractivity contribution in [1.82, 2.24) is 15.5 Å². The number of hydrogen-bond acceptors (Lipinski definition) is 5. The summed E-state index contributed by atoms with van der Waals surface area (Å²) >= 11 is 0. The van der Waals surface area contributed by atoms with E-state index in [0.29, 0.717) is 18.1 Å². The minimum Gasteiger partial charge on any atom is -0.381 e. The van der Waals surface area contributed by atoms with E-state index in [-0.39, 0.29) is 0 Å². The van der Waals surface area contributed by atoms with Crippen LogP contribution in [0.2, 0.25) is 0 Å². The van der Waals surface area contributed by atoms with Crippen LogP contribution in [0.15, 0.2) is 4.99 Å². The molecule has 0 spiro atoms. The van der Waals surface area contributed by atoms with Gasteiger partial charge < -0.3 is 29.7 Å². The Hall–Kier alpha value is -0.890. The van der Waals surface area contributed by atoms with E-state index in [1.165, 1.54) is 0 Å². The highest BCUT2D eigenvalue weighted by Gasteiger charge is 2.19. The van der Waals surface area contributed by atoms with E-state index in [0.717, 1.165) is 97.3 Å². The summed E-state index contributed by atoms with van der Waals surface area (Å²) in [6.45, 7) is 12.6. The van der Waals surface area contributed by atoms with Crippen LogP contribution in [0.3, 0.4) is 0 Å². The van der Waals surface area contributed by atoms with Gasteiger partial charge >= 0.3 is 0 Å². The van der Waals surface area contributed by atoms with Crippen LogP contribution in [0.4, 0.5) is 0 Å². The maximum atomic E-state index is 5.83. The number of rotatable bonds is 11. The Morgan fingerprint density at radius 1 is 1.14 bits per heavy atom. The number of nitrogens with zero attached hydrogens (tertiary/aromatic N) is 2. The molecule has 2 aliphatic heterocycles. The number of piperidine rings is 1. The van der Waals surface area contributed by atoms with Crippen LogP contribution >= 0.6 is 0 Å². The van der Waals surface area contributed by atoms with E-state index >= 15 is 0 Å². The minimum absolute atomic E-state index is 0.320. The summed E-state index contributed by atoms with van der Waals surface area (Å²) in [5.74, 6) is 1.59. The summed E-state index contributed by atoms with van der Waals surface area (Å²) in [7, 11) is 1.84. The highest BCUT2D eigenvalue weighted by atomic mass is 16.5. The summed E-state index contributed by atoms with van der Waals surface area (Å²) in [6, 6.07) is 0.498. The first kappa shape index (κ1) is 23.4. The standard InChI is InChI=1S/C21H42N4O3/c1-18(2)28-16-12-25-10-5-20(6-11-25)24-21(22-3)23-9-4-13-27-17-19-7-14-26-15-8-19/h18-20H,4-17H2,1-3H3,(H2,22,23,24). The zero-order valence-corrected chi connectivity index (χ0v) is 18.3. The molecule has 0 aromatic heterocycles. The molecule has 2 rings (SSSR count). The zero-order chi connectivity index (χ0) is 20.0. The molecule has 2 aliphatic rings. The summed E-state index contributed by atoms with van der Waals surface area (Å²) in [4.78, 5) is 6.86. The summed E-state index contributed by atoms with van der Waals surface area (Å²) in [6.07, 6.45) is 5.89. The van der Waals surface area contributed by atoms with Crippen molar-refractivity contribution in [1.29, 1.82) is 0 Å². The molecular formula is C21H42N4O3. The molecule has 2 N–H and O–H groups in total. The lowest BCUT2D eigenvalue weighted by Crippen LogP contribution is -2.49. The second kappa shape index (κ2) is 14.1. The fourth-order valence-corrected chi connectivity index (χ4v) is 3.65. The van der Waals surface area contributed by atoms with Crippen LogP contribution in [0.5, 0.6) is 0 Å². The first-order chi connectivity index (χ1) is 13.7. The Morgan fingerprint density at radius 3 is 2.57 bits per heavy atom. The van der Waals surface area contributed by atoms with Crippen LogP contribution in [-0.4, -0.2) is 89.3 Å². The maximum Gasteiger partial charge on any atom is 0.191 e. The molecule has 164 valence electrons. The predicted molar refractivity (Wildman–Crippen MR) is 114 cm³/mol. The molecule has 0 radical (unpaired) electrons. The SMILES string of the molecule is CN=C(NCCCOCC1CCOCC1)NC1CCN(CCOC(C)C)CC1. The Labute approximate surface area is 171 Å². The molecule has 28 heavy (non-hydrogen) atoms. The average molecular weight is 399 g/mol. The van der Waals surface area contributed by atoms with Gasteiger partial charge in [0, 0.05) is 65.7 Å². The molecule has 0 saturated carbocycles.